The van der Waals surface area contributed by atoms with Gasteiger partial charge in [0.15, 0.2) is 0 Å². The maximum atomic E-state index is 2.61. The standard InChI is InChI=1S/C21H25.C7H9.C2H6Si.2ClH.Ti/c1-20(2,3)16-7-9-18-14(12-16)11-15-13-17(21(4,5)6)8-10-19(15)18;1-2-7-5-3-4-6-7;1-3-2;;;/h7-13H,1-6H3;3,5H,2,4H2,1H3;1-2H3;2*1H;/q;;;;;+2/p-2. The van der Waals surface area contributed by atoms with E-state index in [0.717, 1.165) is 0 Å². The average Bonchev–Trinajstić information content (AvgIpc) is 3.29. The first kappa shape index (κ1) is 29.7. The van der Waals surface area contributed by atoms with Gasteiger partial charge in [-0.3, -0.25) is 0 Å². The molecule has 0 unspecified atom stereocenters. The maximum absolute atomic E-state index is 2.61. The third-order valence-corrected chi connectivity index (χ3v) is 19.6. The first-order valence-corrected chi connectivity index (χ1v) is 18.8. The van der Waals surface area contributed by atoms with Gasteiger partial charge in [-0.2, -0.15) is 0 Å². The van der Waals surface area contributed by atoms with E-state index in [2.05, 4.69) is 110 Å². The second-order valence-corrected chi connectivity index (χ2v) is 24.0. The summed E-state index contributed by atoms with van der Waals surface area (Å²) in [6.45, 7) is 21.7. The monoisotopic (exact) mass is 546 g/mol. The van der Waals surface area contributed by atoms with Crippen LogP contribution >= 0.6 is 0 Å². The van der Waals surface area contributed by atoms with E-state index in [0.29, 0.717) is 4.22 Å². The van der Waals surface area contributed by atoms with Crippen molar-refractivity contribution in [3.63, 3.8) is 0 Å². The van der Waals surface area contributed by atoms with E-state index >= 15 is 0 Å². The van der Waals surface area contributed by atoms with Crippen LogP contribution in [0.3, 0.4) is 0 Å². The van der Waals surface area contributed by atoms with Crippen LogP contribution in [-0.4, -0.2) is 6.19 Å². The quantitative estimate of drug-likeness (QED) is 0.519. The summed E-state index contributed by atoms with van der Waals surface area (Å²) in [7, 11) is 0. The second kappa shape index (κ2) is 10.8. The Labute approximate surface area is 227 Å². The fourth-order valence-corrected chi connectivity index (χ4v) is 18.2. The van der Waals surface area contributed by atoms with Crippen molar-refractivity contribution in [2.24, 2.45) is 0 Å². The van der Waals surface area contributed by atoms with Crippen molar-refractivity contribution in [1.29, 1.82) is 0 Å². The minimum absolute atomic E-state index is 0. The topological polar surface area (TPSA) is 0 Å². The minimum Gasteiger partial charge on any atom is -1.00 e. The van der Waals surface area contributed by atoms with Crippen LogP contribution in [0.1, 0.15) is 87.8 Å². The number of benzene rings is 2. The molecule has 0 radical (unpaired) electrons. The summed E-state index contributed by atoms with van der Waals surface area (Å²) >= 11 is -1.56. The summed E-state index contributed by atoms with van der Waals surface area (Å²) in [5, 5.41) is 0. The van der Waals surface area contributed by atoms with Crippen LogP contribution in [0, 0.1) is 0 Å². The van der Waals surface area contributed by atoms with E-state index in [1.165, 1.54) is 35.1 Å². The third kappa shape index (κ3) is 5.40. The fourth-order valence-electron chi connectivity index (χ4n) is 5.43. The number of hydrogen-bond donors (Lipinski definition) is 0. The molecule has 0 amide bonds. The van der Waals surface area contributed by atoms with Gasteiger partial charge in [-0.05, 0) is 0 Å². The molecule has 0 bridgehead atoms. The third-order valence-electron chi connectivity index (χ3n) is 7.31. The van der Waals surface area contributed by atoms with Gasteiger partial charge in [-0.15, -0.1) is 0 Å². The Balaban J connectivity index is 0.00000204. The summed E-state index contributed by atoms with van der Waals surface area (Å²) in [6, 6.07) is 14.9. The molecule has 34 heavy (non-hydrogen) atoms. The van der Waals surface area contributed by atoms with Crippen LogP contribution in [0.25, 0.3) is 11.1 Å². The largest absolute Gasteiger partial charge is 1.00 e. The summed E-state index contributed by atoms with van der Waals surface area (Å²) in [5.41, 5.74) is 11.3. The molecule has 0 atom stereocenters. The molecule has 2 aromatic carbocycles. The smallest absolute Gasteiger partial charge is 1.00 e. The molecule has 182 valence electrons. The van der Waals surface area contributed by atoms with Crippen molar-refractivity contribution >= 4 is 6.19 Å². The molecule has 2 aliphatic rings. The summed E-state index contributed by atoms with van der Waals surface area (Å²) < 4.78 is 2.53. The molecule has 4 rings (SSSR count). The Kier molecular flexibility index (Phi) is 9.43. The van der Waals surface area contributed by atoms with Gasteiger partial charge < -0.3 is 24.8 Å². The van der Waals surface area contributed by atoms with Crippen molar-refractivity contribution in [1.82, 2.24) is 0 Å². The predicted molar refractivity (Wildman–Crippen MR) is 140 cm³/mol. The summed E-state index contributed by atoms with van der Waals surface area (Å²) in [4.78, 5) is 0. The molecule has 2 aromatic rings. The first-order valence-electron chi connectivity index (χ1n) is 12.3. The molecule has 0 saturated heterocycles. The molecular weight excluding hydrogens is 507 g/mol. The van der Waals surface area contributed by atoms with Gasteiger partial charge in [0.25, 0.3) is 0 Å². The molecular formula is C30H40Cl2SiTi. The SMILES string of the molecule is CCC1=[C]([Ti+2]([CH]2c3cc(C(C)(C)C)ccc3-c3ccc(C(C)(C)C)cc32)=[Si](C)C)CC=C1.[Cl-].[Cl-]. The Morgan fingerprint density at radius 1 is 0.824 bits per heavy atom. The molecule has 0 aliphatic heterocycles. The van der Waals surface area contributed by atoms with Crippen LogP contribution in [0.15, 0.2) is 58.0 Å². The normalized spacial score (nSPS) is 14.7. The number of rotatable bonds is 3. The van der Waals surface area contributed by atoms with Crippen LogP contribution in [0.4, 0.5) is 0 Å². The first-order chi connectivity index (χ1) is 14.9. The minimum atomic E-state index is -1.56. The molecule has 2 aliphatic carbocycles. The second-order valence-electron chi connectivity index (χ2n) is 11.9. The van der Waals surface area contributed by atoms with Gasteiger partial charge in [-0.25, -0.2) is 0 Å². The van der Waals surface area contributed by atoms with E-state index in [1.54, 1.807) is 16.7 Å². The van der Waals surface area contributed by atoms with E-state index in [9.17, 15) is 0 Å². The van der Waals surface area contributed by atoms with Crippen molar-refractivity contribution in [3.8, 4) is 11.1 Å². The van der Waals surface area contributed by atoms with Crippen molar-refractivity contribution in [2.75, 3.05) is 0 Å². The van der Waals surface area contributed by atoms with E-state index in [-0.39, 0.29) is 35.6 Å². The Morgan fingerprint density at radius 3 is 1.68 bits per heavy atom. The zero-order valence-electron chi connectivity index (χ0n) is 22.4. The molecule has 0 saturated carbocycles. The van der Waals surface area contributed by atoms with Crippen LogP contribution < -0.4 is 24.8 Å². The number of hydrogen-bond acceptors (Lipinski definition) is 0. The molecule has 0 aromatic heterocycles. The van der Waals surface area contributed by atoms with E-state index in [1.807, 2.05) is 3.88 Å². The van der Waals surface area contributed by atoms with Crippen LogP contribution in [0.5, 0.6) is 0 Å². The van der Waals surface area contributed by atoms with Crippen molar-refractivity contribution < 1.29 is 41.4 Å². The maximum Gasteiger partial charge on any atom is -1.00 e. The Bertz CT molecular complexity index is 1110. The van der Waals surface area contributed by atoms with E-state index in [4.69, 9.17) is 0 Å². The van der Waals surface area contributed by atoms with Gasteiger partial charge in [0.05, 0.1) is 0 Å². The van der Waals surface area contributed by atoms with E-state index < -0.39 is 22.8 Å². The zero-order chi connectivity index (χ0) is 23.4. The fraction of sp³-hybridized carbons (Fsp3) is 0.467. The van der Waals surface area contributed by atoms with Crippen LogP contribution in [-0.2, 0) is 27.4 Å². The van der Waals surface area contributed by atoms with Crippen LogP contribution in [0.2, 0.25) is 13.1 Å². The molecule has 4 heteroatoms. The molecule has 0 nitrogen and oxygen atoms in total. The predicted octanol–water partition coefficient (Wildman–Crippen LogP) is 2.85. The molecule has 0 fully saturated rings. The van der Waals surface area contributed by atoms with Gasteiger partial charge in [0.1, 0.15) is 0 Å². The van der Waals surface area contributed by atoms with Gasteiger partial charge in [0, 0.05) is 0 Å². The average molecular weight is 548 g/mol. The number of fused-ring (bicyclic) bond motifs is 3. The molecule has 0 N–H and O–H groups in total. The Morgan fingerprint density at radius 2 is 1.29 bits per heavy atom. The number of halogens is 2. The zero-order valence-corrected chi connectivity index (χ0v) is 26.4. The summed E-state index contributed by atoms with van der Waals surface area (Å²) in [5.74, 6) is 0. The van der Waals surface area contributed by atoms with Crippen molar-refractivity contribution in [3.05, 3.63) is 80.3 Å². The van der Waals surface area contributed by atoms with Crippen molar-refractivity contribution in [2.45, 2.75) is 89.5 Å². The Hall–Kier alpha value is -0.569. The molecule has 0 spiro atoms. The number of allylic oxidation sites excluding steroid dienone is 4. The van der Waals surface area contributed by atoms with Gasteiger partial charge in [-0.1, -0.05) is 0 Å². The van der Waals surface area contributed by atoms with Gasteiger partial charge in [0.2, 0.25) is 0 Å². The summed E-state index contributed by atoms with van der Waals surface area (Å²) in [6.07, 6.45) is 6.90. The molecule has 0 heterocycles. The van der Waals surface area contributed by atoms with Gasteiger partial charge >= 0.3 is 204 Å².